The fourth-order valence-electron chi connectivity index (χ4n) is 6.71. The summed E-state index contributed by atoms with van der Waals surface area (Å²) >= 11 is 0. The molecular formula is C49H36N4O6. The van der Waals surface area contributed by atoms with E-state index in [0.29, 0.717) is 61.8 Å². The summed E-state index contributed by atoms with van der Waals surface area (Å²) in [4.78, 5) is 52.3. The molecule has 0 aliphatic carbocycles. The van der Waals surface area contributed by atoms with E-state index in [1.165, 1.54) is 12.1 Å². The quantitative estimate of drug-likeness (QED) is 0.0812. The zero-order valence-electron chi connectivity index (χ0n) is 31.4. The first kappa shape index (κ1) is 37.7. The Morgan fingerprint density at radius 3 is 1.10 bits per heavy atom. The maximum Gasteiger partial charge on any atom is 0.259 e. The second-order valence-corrected chi connectivity index (χ2v) is 14.0. The summed E-state index contributed by atoms with van der Waals surface area (Å²) in [5, 5.41) is 35.1. The van der Waals surface area contributed by atoms with Gasteiger partial charge in [0.1, 0.15) is 11.5 Å². The lowest BCUT2D eigenvalue weighted by Crippen LogP contribution is -2.13. The molecule has 0 spiro atoms. The van der Waals surface area contributed by atoms with E-state index in [-0.39, 0.29) is 34.4 Å². The maximum absolute atomic E-state index is 13.2. The van der Waals surface area contributed by atoms with Crippen molar-refractivity contribution in [3.63, 3.8) is 0 Å². The van der Waals surface area contributed by atoms with E-state index in [0.717, 1.165) is 11.1 Å². The van der Waals surface area contributed by atoms with Crippen LogP contribution in [-0.4, -0.2) is 33.8 Å². The fraction of sp³-hybridized carbons (Fsp3) is 0.0204. The van der Waals surface area contributed by atoms with Crippen molar-refractivity contribution in [2.24, 2.45) is 0 Å². The molecule has 59 heavy (non-hydrogen) atoms. The van der Waals surface area contributed by atoms with E-state index in [4.69, 9.17) is 0 Å². The fourth-order valence-corrected chi connectivity index (χ4v) is 6.71. The van der Waals surface area contributed by atoms with Gasteiger partial charge >= 0.3 is 0 Å². The largest absolute Gasteiger partial charge is 0.507 e. The van der Waals surface area contributed by atoms with Crippen LogP contribution in [0.15, 0.2) is 170 Å². The minimum atomic E-state index is -0.461. The summed E-state index contributed by atoms with van der Waals surface area (Å²) in [6.07, 6.45) is 0.623. The van der Waals surface area contributed by atoms with Crippen LogP contribution in [0.25, 0.3) is 21.5 Å². The lowest BCUT2D eigenvalue weighted by Gasteiger charge is -2.11. The van der Waals surface area contributed by atoms with Crippen molar-refractivity contribution in [3.05, 3.63) is 203 Å². The number of carbonyl (C=O) groups is 4. The average molecular weight is 777 g/mol. The number of para-hydroxylation sites is 2. The van der Waals surface area contributed by atoms with Crippen molar-refractivity contribution in [1.29, 1.82) is 0 Å². The number of nitrogens with one attached hydrogen (secondary N) is 4. The lowest BCUT2D eigenvalue weighted by atomic mass is 10.0. The van der Waals surface area contributed by atoms with Crippen molar-refractivity contribution >= 4 is 67.9 Å². The van der Waals surface area contributed by atoms with E-state index < -0.39 is 11.8 Å². The third kappa shape index (κ3) is 8.77. The summed E-state index contributed by atoms with van der Waals surface area (Å²) in [6.45, 7) is 0. The Kier molecular flexibility index (Phi) is 10.5. The molecule has 0 unspecified atom stereocenters. The Bertz CT molecular complexity index is 2680. The molecule has 4 amide bonds. The highest BCUT2D eigenvalue weighted by Crippen LogP contribution is 2.29. The van der Waals surface area contributed by atoms with Gasteiger partial charge in [0.05, 0.1) is 11.1 Å². The number of fused-ring (bicyclic) bond motifs is 2. The number of hydrogen-bond acceptors (Lipinski definition) is 6. The van der Waals surface area contributed by atoms with Crippen LogP contribution in [0.4, 0.5) is 22.7 Å². The highest BCUT2D eigenvalue weighted by atomic mass is 16.3. The highest BCUT2D eigenvalue weighted by Gasteiger charge is 2.17. The number of phenols is 2. The van der Waals surface area contributed by atoms with Gasteiger partial charge in [-0.2, -0.15) is 0 Å². The van der Waals surface area contributed by atoms with Crippen LogP contribution < -0.4 is 21.3 Å². The average Bonchev–Trinajstić information content (AvgIpc) is 3.25. The molecule has 0 saturated heterocycles. The van der Waals surface area contributed by atoms with Crippen molar-refractivity contribution in [3.8, 4) is 11.5 Å². The molecule has 288 valence electrons. The molecule has 0 bridgehead atoms. The van der Waals surface area contributed by atoms with Gasteiger partial charge in [-0.1, -0.05) is 72.8 Å². The first-order valence-electron chi connectivity index (χ1n) is 18.7. The Balaban J connectivity index is 0.874. The smallest absolute Gasteiger partial charge is 0.259 e. The van der Waals surface area contributed by atoms with E-state index in [1.54, 1.807) is 97.1 Å². The number of benzene rings is 8. The standard InChI is InChI=1S/C49H36N4O6/c54-44-28-32-15-17-34(24-36(32)26-42(44)48(58)52-38-7-3-1-4-8-38)46(56)50-40-19-11-30(12-20-40)23-31-13-21-41(22-14-31)51-47(57)35-18-16-33-29-45(55)43(27-37(33)25-35)49(59)53-39-9-5-2-6-10-39/h1-22,24-29,54-55H,23H2,(H,50,56)(H,51,57)(H,52,58)(H,53,59). The van der Waals surface area contributed by atoms with Crippen LogP contribution in [0.2, 0.25) is 0 Å². The maximum atomic E-state index is 13.2. The van der Waals surface area contributed by atoms with Gasteiger partial charge < -0.3 is 31.5 Å². The Hall–Kier alpha value is -8.24. The molecule has 0 atom stereocenters. The SMILES string of the molecule is O=C(Nc1ccc(Cc2ccc(NC(=O)c3ccc4cc(O)c(C(=O)Nc5ccccc5)cc4c3)cc2)cc1)c1ccc2cc(O)c(C(=O)Nc3ccccc3)cc2c1. The van der Waals surface area contributed by atoms with E-state index in [9.17, 15) is 29.4 Å². The van der Waals surface area contributed by atoms with Crippen LogP contribution in [0.3, 0.4) is 0 Å². The molecule has 8 rings (SSSR count). The molecule has 8 aromatic rings. The zero-order valence-corrected chi connectivity index (χ0v) is 31.4. The third-order valence-electron chi connectivity index (χ3n) is 9.82. The number of hydrogen-bond donors (Lipinski definition) is 6. The highest BCUT2D eigenvalue weighted by molar-refractivity contribution is 6.12. The topological polar surface area (TPSA) is 157 Å². The lowest BCUT2D eigenvalue weighted by molar-refractivity contribution is 0.101. The molecule has 10 heteroatoms. The Morgan fingerprint density at radius 2 is 0.712 bits per heavy atom. The van der Waals surface area contributed by atoms with Gasteiger partial charge in [-0.25, -0.2) is 0 Å². The van der Waals surface area contributed by atoms with E-state index >= 15 is 0 Å². The van der Waals surface area contributed by atoms with Gasteiger partial charge in [0.15, 0.2) is 0 Å². The third-order valence-corrected chi connectivity index (χ3v) is 9.82. The summed E-state index contributed by atoms with van der Waals surface area (Å²) in [5.41, 5.74) is 5.45. The number of amides is 4. The number of anilines is 4. The molecule has 0 heterocycles. The summed E-state index contributed by atoms with van der Waals surface area (Å²) < 4.78 is 0. The molecule has 0 saturated carbocycles. The summed E-state index contributed by atoms with van der Waals surface area (Å²) in [7, 11) is 0. The van der Waals surface area contributed by atoms with Crippen LogP contribution in [0, 0.1) is 0 Å². The molecule has 0 fully saturated rings. The van der Waals surface area contributed by atoms with Crippen LogP contribution in [-0.2, 0) is 6.42 Å². The molecular weight excluding hydrogens is 741 g/mol. The van der Waals surface area contributed by atoms with Gasteiger partial charge in [0.25, 0.3) is 23.6 Å². The van der Waals surface area contributed by atoms with Crippen molar-refractivity contribution in [2.45, 2.75) is 6.42 Å². The van der Waals surface area contributed by atoms with Gasteiger partial charge in [-0.3, -0.25) is 19.2 Å². The van der Waals surface area contributed by atoms with Gasteiger partial charge in [0, 0.05) is 33.9 Å². The van der Waals surface area contributed by atoms with E-state index in [1.807, 2.05) is 60.7 Å². The van der Waals surface area contributed by atoms with Crippen molar-refractivity contribution < 1.29 is 29.4 Å². The van der Waals surface area contributed by atoms with Crippen molar-refractivity contribution in [1.82, 2.24) is 0 Å². The normalized spacial score (nSPS) is 10.8. The van der Waals surface area contributed by atoms with Crippen molar-refractivity contribution in [2.75, 3.05) is 21.3 Å². The first-order valence-corrected chi connectivity index (χ1v) is 18.7. The number of aromatic hydroxyl groups is 2. The second kappa shape index (κ2) is 16.5. The van der Waals surface area contributed by atoms with Crippen LogP contribution >= 0.6 is 0 Å². The minimum absolute atomic E-state index is 0.0979. The van der Waals surface area contributed by atoms with Gasteiger partial charge in [-0.15, -0.1) is 0 Å². The predicted octanol–water partition coefficient (Wildman–Crippen LogP) is 10.0. The molecule has 0 aromatic heterocycles. The Labute approximate surface area is 338 Å². The molecule has 10 nitrogen and oxygen atoms in total. The first-order chi connectivity index (χ1) is 28.6. The molecule has 0 aliphatic rings. The monoisotopic (exact) mass is 776 g/mol. The molecule has 0 aliphatic heterocycles. The molecule has 6 N–H and O–H groups in total. The Morgan fingerprint density at radius 1 is 0.356 bits per heavy atom. The predicted molar refractivity (Wildman–Crippen MR) is 232 cm³/mol. The number of carbonyl (C=O) groups excluding carboxylic acids is 4. The minimum Gasteiger partial charge on any atom is -0.507 e. The van der Waals surface area contributed by atoms with Gasteiger partial charge in [-0.05, 0) is 136 Å². The number of rotatable bonds is 10. The molecule has 0 radical (unpaired) electrons. The van der Waals surface area contributed by atoms with Gasteiger partial charge in [0.2, 0.25) is 0 Å². The molecule has 8 aromatic carbocycles. The van der Waals surface area contributed by atoms with Crippen LogP contribution in [0.1, 0.15) is 52.6 Å². The van der Waals surface area contributed by atoms with E-state index in [2.05, 4.69) is 21.3 Å². The summed E-state index contributed by atoms with van der Waals surface area (Å²) in [6, 6.07) is 49.3. The van der Waals surface area contributed by atoms with Crippen LogP contribution in [0.5, 0.6) is 11.5 Å². The zero-order chi connectivity index (χ0) is 40.9. The second-order valence-electron chi connectivity index (χ2n) is 14.0. The number of phenolic OH excluding ortho intramolecular Hbond substituents is 2. The summed E-state index contributed by atoms with van der Waals surface area (Å²) in [5.74, 6) is -1.88.